The van der Waals surface area contributed by atoms with Crippen LogP contribution in [0.1, 0.15) is 34.6 Å². The summed E-state index contributed by atoms with van der Waals surface area (Å²) in [5.41, 5.74) is -0.251. The van der Waals surface area contributed by atoms with E-state index in [1.54, 1.807) is 0 Å². The molecule has 0 spiro atoms. The van der Waals surface area contributed by atoms with Crippen molar-refractivity contribution in [1.29, 1.82) is 0 Å². The Balaban J connectivity index is 1.92. The van der Waals surface area contributed by atoms with Gasteiger partial charge in [-0.25, -0.2) is 0 Å². The summed E-state index contributed by atoms with van der Waals surface area (Å²) in [6, 6.07) is 0.256. The van der Waals surface area contributed by atoms with Crippen molar-refractivity contribution in [3.8, 4) is 0 Å². The third-order valence-corrected chi connectivity index (χ3v) is 5.90. The Bertz CT molecular complexity index is 412. The Morgan fingerprint density at radius 1 is 1.43 bits per heavy atom. The van der Waals surface area contributed by atoms with Gasteiger partial charge in [-0.2, -0.15) is 0 Å². The second-order valence-corrected chi connectivity index (χ2v) is 8.96. The molecular weight excluding hydrogens is 329 g/mol. The molecule has 0 saturated heterocycles. The van der Waals surface area contributed by atoms with Gasteiger partial charge in [0, 0.05) is 0 Å². The molecule has 0 amide bonds. The SMILES string of the molecule is CC(C)[C@H]1COC([C]2[CH][CH][CH][C]2[Se]CC(=O)C(C)(C)C)=N1. The number of carbonyl (C=O) groups excluding carboxylic acids is 1. The van der Waals surface area contributed by atoms with Crippen molar-refractivity contribution in [2.24, 2.45) is 16.3 Å². The quantitative estimate of drug-likeness (QED) is 0.713. The van der Waals surface area contributed by atoms with E-state index in [1.165, 1.54) is 4.82 Å². The number of hydrogen-bond donors (Lipinski definition) is 0. The molecule has 5 radical (unpaired) electrons. The van der Waals surface area contributed by atoms with Gasteiger partial charge in [-0.1, -0.05) is 0 Å². The molecule has 3 nitrogen and oxygen atoms in total. The van der Waals surface area contributed by atoms with E-state index >= 15 is 0 Å². The standard InChI is InChI=1S/C17H24NO2Se/c1-11(2)13-9-20-16(18-13)12-7-6-8-14(12)21-10-15(19)17(3,4)5/h6-8,11,13H,9-10H2,1-5H3/t13-/m1/s1. The molecule has 1 fully saturated rings. The molecule has 1 heterocycles. The van der Waals surface area contributed by atoms with Gasteiger partial charge in [0.25, 0.3) is 0 Å². The predicted octanol–water partition coefficient (Wildman–Crippen LogP) is 2.91. The zero-order chi connectivity index (χ0) is 15.6. The number of rotatable bonds is 5. The molecule has 4 heteroatoms. The van der Waals surface area contributed by atoms with E-state index in [0.29, 0.717) is 23.6 Å². The molecule has 0 aromatic rings. The molecule has 0 bridgehead atoms. The van der Waals surface area contributed by atoms with Crippen LogP contribution in [0, 0.1) is 41.3 Å². The van der Waals surface area contributed by atoms with Crippen LogP contribution in [0.4, 0.5) is 0 Å². The summed E-state index contributed by atoms with van der Waals surface area (Å²) in [5, 5.41) is 0.633. The Labute approximate surface area is 135 Å². The topological polar surface area (TPSA) is 38.7 Å². The van der Waals surface area contributed by atoms with Crippen LogP contribution in [0.3, 0.4) is 0 Å². The van der Waals surface area contributed by atoms with Crippen molar-refractivity contribution in [2.75, 3.05) is 6.61 Å². The summed E-state index contributed by atoms with van der Waals surface area (Å²) in [5.74, 6) is 2.66. The monoisotopic (exact) mass is 354 g/mol. The van der Waals surface area contributed by atoms with E-state index in [1.807, 2.05) is 27.2 Å². The number of hydrogen-bond acceptors (Lipinski definition) is 3. The average Bonchev–Trinajstić information content (AvgIpc) is 3.02. The minimum absolute atomic E-state index is 0.144. The van der Waals surface area contributed by atoms with E-state index in [0.717, 1.165) is 11.8 Å². The van der Waals surface area contributed by atoms with E-state index < -0.39 is 0 Å². The fourth-order valence-corrected chi connectivity index (χ4v) is 4.47. The molecule has 2 rings (SSSR count). The third-order valence-electron chi connectivity index (χ3n) is 3.65. The summed E-state index contributed by atoms with van der Waals surface area (Å²) in [7, 11) is 0. The molecule has 1 aliphatic heterocycles. The summed E-state index contributed by atoms with van der Waals surface area (Å²) < 4.78 is 5.76. The first-order valence-electron chi connectivity index (χ1n) is 7.42. The van der Waals surface area contributed by atoms with Crippen LogP contribution in [-0.2, 0) is 9.53 Å². The van der Waals surface area contributed by atoms with Crippen molar-refractivity contribution in [1.82, 2.24) is 0 Å². The number of ether oxygens (including phenoxy) is 1. The van der Waals surface area contributed by atoms with Gasteiger partial charge in [-0.15, -0.1) is 0 Å². The molecule has 115 valence electrons. The maximum absolute atomic E-state index is 12.1. The molecule has 1 atom stereocenters. The molecule has 1 saturated carbocycles. The fraction of sp³-hybridized carbons (Fsp3) is 0.588. The van der Waals surface area contributed by atoms with Crippen molar-refractivity contribution >= 4 is 26.6 Å². The van der Waals surface area contributed by atoms with Crippen molar-refractivity contribution in [3.05, 3.63) is 30.0 Å². The van der Waals surface area contributed by atoms with Crippen molar-refractivity contribution in [2.45, 2.75) is 46.0 Å². The van der Waals surface area contributed by atoms with Crippen LogP contribution in [0.15, 0.2) is 4.99 Å². The van der Waals surface area contributed by atoms with Crippen LogP contribution >= 0.6 is 0 Å². The molecule has 1 aliphatic carbocycles. The number of carbonyl (C=O) groups is 1. The fourth-order valence-electron chi connectivity index (χ4n) is 1.94. The Kier molecular flexibility index (Phi) is 5.53. The second-order valence-electron chi connectivity index (χ2n) is 6.82. The Morgan fingerprint density at radius 3 is 2.71 bits per heavy atom. The molecule has 2 aliphatic rings. The maximum atomic E-state index is 12.1. The van der Waals surface area contributed by atoms with Crippen LogP contribution in [0.2, 0.25) is 5.32 Å². The third kappa shape index (κ3) is 4.32. The molecular formula is C17H24NO2Se. The molecule has 0 aromatic heterocycles. The number of nitrogens with zero attached hydrogens (tertiary/aromatic N) is 1. The van der Waals surface area contributed by atoms with Gasteiger partial charge in [-0.3, -0.25) is 0 Å². The van der Waals surface area contributed by atoms with Crippen LogP contribution in [0.5, 0.6) is 0 Å². The van der Waals surface area contributed by atoms with Gasteiger partial charge in [0.2, 0.25) is 0 Å². The van der Waals surface area contributed by atoms with E-state index in [2.05, 4.69) is 31.7 Å². The van der Waals surface area contributed by atoms with Gasteiger partial charge in [0.15, 0.2) is 0 Å². The first-order chi connectivity index (χ1) is 9.79. The van der Waals surface area contributed by atoms with E-state index in [-0.39, 0.29) is 26.4 Å². The van der Waals surface area contributed by atoms with Crippen molar-refractivity contribution in [3.63, 3.8) is 0 Å². The molecule has 21 heavy (non-hydrogen) atoms. The first kappa shape index (κ1) is 17.0. The minimum atomic E-state index is -0.251. The zero-order valence-electron chi connectivity index (χ0n) is 13.5. The number of Topliss-reactive ketones (excluding diaryl/α,β-unsaturated/α-hetero) is 1. The van der Waals surface area contributed by atoms with E-state index in [9.17, 15) is 4.79 Å². The van der Waals surface area contributed by atoms with Gasteiger partial charge in [-0.05, 0) is 0 Å². The molecule has 0 N–H and O–H groups in total. The summed E-state index contributed by atoms with van der Waals surface area (Å²) in [6.45, 7) is 10.9. The summed E-state index contributed by atoms with van der Waals surface area (Å²) in [6.07, 6.45) is 6.18. The van der Waals surface area contributed by atoms with Gasteiger partial charge >= 0.3 is 135 Å². The van der Waals surface area contributed by atoms with Gasteiger partial charge in [0.1, 0.15) is 0 Å². The zero-order valence-corrected chi connectivity index (χ0v) is 15.2. The number of aliphatic imine (C=N–C) groups is 1. The van der Waals surface area contributed by atoms with Crippen molar-refractivity contribution < 1.29 is 9.53 Å². The average molecular weight is 353 g/mol. The normalized spacial score (nSPS) is 24.5. The van der Waals surface area contributed by atoms with Gasteiger partial charge < -0.3 is 0 Å². The van der Waals surface area contributed by atoms with Crippen LogP contribution in [-0.4, -0.2) is 39.3 Å². The van der Waals surface area contributed by atoms with Crippen LogP contribution < -0.4 is 0 Å². The molecule has 0 unspecified atom stereocenters. The Hall–Kier alpha value is -0.341. The number of ketones is 1. The predicted molar refractivity (Wildman–Crippen MR) is 86.4 cm³/mol. The van der Waals surface area contributed by atoms with Gasteiger partial charge in [0.05, 0.1) is 0 Å². The first-order valence-corrected chi connectivity index (χ1v) is 9.48. The summed E-state index contributed by atoms with van der Waals surface area (Å²) >= 11 is 0.144. The van der Waals surface area contributed by atoms with Crippen LogP contribution in [0.25, 0.3) is 0 Å². The summed E-state index contributed by atoms with van der Waals surface area (Å²) in [4.78, 5) is 18.0. The van der Waals surface area contributed by atoms with E-state index in [4.69, 9.17) is 4.74 Å². The second kappa shape index (κ2) is 6.83. The molecule has 0 aromatic carbocycles. The Morgan fingerprint density at radius 2 is 2.14 bits per heavy atom.